The first-order chi connectivity index (χ1) is 7.63. The largest absolute Gasteiger partial charge is 0.394 e. The summed E-state index contributed by atoms with van der Waals surface area (Å²) in [5.74, 6) is 1.39. The summed E-state index contributed by atoms with van der Waals surface area (Å²) >= 11 is 11.6. The zero-order chi connectivity index (χ0) is 11.3. The first kappa shape index (κ1) is 10.6. The first-order valence-corrected chi connectivity index (χ1v) is 5.97. The van der Waals surface area contributed by atoms with E-state index in [0.29, 0.717) is 11.1 Å². The third-order valence-electron chi connectivity index (χ3n) is 3.58. The molecule has 0 spiro atoms. The minimum absolute atomic E-state index is 0.133. The Bertz CT molecular complexity index is 414. The minimum atomic E-state index is -0.133. The molecule has 6 heteroatoms. The van der Waals surface area contributed by atoms with Crippen LogP contribution in [0.1, 0.15) is 12.8 Å². The monoisotopic (exact) mass is 259 g/mol. The number of rotatable bonds is 2. The summed E-state index contributed by atoms with van der Waals surface area (Å²) in [6.45, 7) is 1.08. The van der Waals surface area contributed by atoms with Gasteiger partial charge in [-0.3, -0.25) is 0 Å². The highest BCUT2D eigenvalue weighted by Crippen LogP contribution is 2.51. The van der Waals surface area contributed by atoms with Crippen LogP contribution >= 0.6 is 23.2 Å². The van der Waals surface area contributed by atoms with E-state index in [-0.39, 0.29) is 17.4 Å². The van der Waals surface area contributed by atoms with Crippen molar-refractivity contribution in [3.8, 4) is 0 Å². The summed E-state index contributed by atoms with van der Waals surface area (Å²) in [7, 11) is 0. The Labute approximate surface area is 103 Å². The van der Waals surface area contributed by atoms with Crippen molar-refractivity contribution in [1.82, 2.24) is 9.97 Å². The number of hydrogen-bond acceptors (Lipinski definition) is 4. The number of halogens is 2. The molecular weight excluding hydrogens is 249 g/mol. The predicted molar refractivity (Wildman–Crippen MR) is 61.9 cm³/mol. The van der Waals surface area contributed by atoms with Crippen LogP contribution in [-0.4, -0.2) is 33.8 Å². The summed E-state index contributed by atoms with van der Waals surface area (Å²) in [6.07, 6.45) is 2.06. The molecule has 1 saturated carbocycles. The maximum Gasteiger partial charge on any atom is 0.225 e. The second kappa shape index (κ2) is 3.45. The molecular formula is C10H11Cl2N3O. The Morgan fingerprint density at radius 3 is 2.81 bits per heavy atom. The Hall–Kier alpha value is -0.580. The molecule has 1 aromatic rings. The van der Waals surface area contributed by atoms with Crippen molar-refractivity contribution >= 4 is 29.0 Å². The van der Waals surface area contributed by atoms with Gasteiger partial charge in [0.15, 0.2) is 0 Å². The van der Waals surface area contributed by atoms with Crippen LogP contribution < -0.4 is 4.90 Å². The molecule has 2 bridgehead atoms. The Balaban J connectivity index is 1.98. The van der Waals surface area contributed by atoms with Gasteiger partial charge in [-0.15, -0.1) is 0 Å². The molecule has 1 N–H and O–H groups in total. The van der Waals surface area contributed by atoms with Crippen LogP contribution in [0, 0.1) is 5.92 Å². The molecule has 2 saturated heterocycles. The van der Waals surface area contributed by atoms with Gasteiger partial charge >= 0.3 is 0 Å². The first-order valence-electron chi connectivity index (χ1n) is 5.21. The zero-order valence-electron chi connectivity index (χ0n) is 8.53. The topological polar surface area (TPSA) is 49.2 Å². The molecule has 2 aliphatic heterocycles. The van der Waals surface area contributed by atoms with E-state index in [9.17, 15) is 5.11 Å². The van der Waals surface area contributed by atoms with Crippen molar-refractivity contribution in [2.24, 2.45) is 5.92 Å². The lowest BCUT2D eigenvalue weighted by Gasteiger charge is -2.41. The molecule has 4 nitrogen and oxygen atoms in total. The van der Waals surface area contributed by atoms with Crippen LogP contribution in [0.2, 0.25) is 10.4 Å². The molecule has 0 amide bonds. The molecule has 16 heavy (non-hydrogen) atoms. The van der Waals surface area contributed by atoms with Crippen LogP contribution in [0.15, 0.2) is 6.07 Å². The Morgan fingerprint density at radius 2 is 2.19 bits per heavy atom. The van der Waals surface area contributed by atoms with Crippen molar-refractivity contribution in [3.05, 3.63) is 16.5 Å². The van der Waals surface area contributed by atoms with Gasteiger partial charge in [0.1, 0.15) is 11.0 Å². The Kier molecular flexibility index (Phi) is 2.28. The number of hydrogen-bond donors (Lipinski definition) is 1. The van der Waals surface area contributed by atoms with E-state index in [1.165, 1.54) is 0 Å². The summed E-state index contributed by atoms with van der Waals surface area (Å²) in [4.78, 5) is 10.1. The smallest absolute Gasteiger partial charge is 0.225 e. The molecule has 1 aromatic heterocycles. The van der Waals surface area contributed by atoms with E-state index in [0.717, 1.165) is 25.2 Å². The number of aliphatic hydroxyl groups excluding tert-OH is 1. The lowest BCUT2D eigenvalue weighted by Crippen LogP contribution is -2.49. The highest BCUT2D eigenvalue weighted by atomic mass is 35.5. The second-order valence-corrected chi connectivity index (χ2v) is 5.31. The molecule has 3 aliphatic rings. The van der Waals surface area contributed by atoms with Gasteiger partial charge in [-0.25, -0.2) is 9.97 Å². The normalized spacial score (nSPS) is 31.7. The van der Waals surface area contributed by atoms with Gasteiger partial charge in [-0.1, -0.05) is 11.6 Å². The molecule has 1 aliphatic carbocycles. The quantitative estimate of drug-likeness (QED) is 0.650. The number of aromatic nitrogens is 2. The molecule has 86 valence electrons. The van der Waals surface area contributed by atoms with E-state index in [1.807, 2.05) is 0 Å². The summed E-state index contributed by atoms with van der Waals surface area (Å²) < 4.78 is 0. The van der Waals surface area contributed by atoms with Crippen molar-refractivity contribution in [3.63, 3.8) is 0 Å². The maximum absolute atomic E-state index is 9.48. The van der Waals surface area contributed by atoms with Gasteiger partial charge in [0.2, 0.25) is 5.28 Å². The molecule has 0 unspecified atom stereocenters. The number of anilines is 1. The average molecular weight is 260 g/mol. The van der Waals surface area contributed by atoms with Crippen LogP contribution in [0.25, 0.3) is 0 Å². The zero-order valence-corrected chi connectivity index (χ0v) is 10.0. The van der Waals surface area contributed by atoms with Gasteiger partial charge < -0.3 is 10.0 Å². The standard InChI is InChI=1S/C10H11Cl2N3O/c11-7-1-8(14-9(12)13-7)15-4-6-2-10(15,3-6)5-16/h1,6,16H,2-5H2. The van der Waals surface area contributed by atoms with Crippen LogP contribution in [0.4, 0.5) is 5.82 Å². The van der Waals surface area contributed by atoms with Crippen molar-refractivity contribution in [1.29, 1.82) is 0 Å². The van der Waals surface area contributed by atoms with Gasteiger partial charge in [0.25, 0.3) is 0 Å². The van der Waals surface area contributed by atoms with Gasteiger partial charge in [0.05, 0.1) is 12.1 Å². The van der Waals surface area contributed by atoms with Crippen molar-refractivity contribution in [2.75, 3.05) is 18.1 Å². The highest BCUT2D eigenvalue weighted by molar-refractivity contribution is 6.32. The van der Waals surface area contributed by atoms with E-state index in [2.05, 4.69) is 14.9 Å². The van der Waals surface area contributed by atoms with Crippen LogP contribution in [-0.2, 0) is 0 Å². The van der Waals surface area contributed by atoms with E-state index < -0.39 is 0 Å². The fourth-order valence-corrected chi connectivity index (χ4v) is 3.28. The Morgan fingerprint density at radius 1 is 1.44 bits per heavy atom. The molecule has 0 radical (unpaired) electrons. The second-order valence-electron chi connectivity index (χ2n) is 4.59. The summed E-state index contributed by atoms with van der Waals surface area (Å²) in [6, 6.07) is 1.70. The summed E-state index contributed by atoms with van der Waals surface area (Å²) in [5.41, 5.74) is -0.133. The third-order valence-corrected chi connectivity index (χ3v) is 3.94. The number of nitrogens with zero attached hydrogens (tertiary/aromatic N) is 3. The average Bonchev–Trinajstić information content (AvgIpc) is 2.69. The molecule has 0 atom stereocenters. The molecule has 4 rings (SSSR count). The fraction of sp³-hybridized carbons (Fsp3) is 0.600. The van der Waals surface area contributed by atoms with Crippen molar-refractivity contribution < 1.29 is 5.11 Å². The van der Waals surface area contributed by atoms with Gasteiger partial charge in [-0.05, 0) is 30.4 Å². The van der Waals surface area contributed by atoms with Crippen molar-refractivity contribution in [2.45, 2.75) is 18.4 Å². The molecule has 3 fully saturated rings. The molecule has 3 heterocycles. The summed E-state index contributed by atoms with van der Waals surface area (Å²) in [5, 5.41) is 9.97. The van der Waals surface area contributed by atoms with E-state index in [4.69, 9.17) is 23.2 Å². The lowest BCUT2D eigenvalue weighted by molar-refractivity contribution is 0.129. The van der Waals surface area contributed by atoms with Gasteiger partial charge in [0, 0.05) is 12.6 Å². The third kappa shape index (κ3) is 1.40. The van der Waals surface area contributed by atoms with Crippen LogP contribution in [0.5, 0.6) is 0 Å². The number of fused-ring (bicyclic) bond motifs is 1. The highest BCUT2D eigenvalue weighted by Gasteiger charge is 2.56. The lowest BCUT2D eigenvalue weighted by atomic mass is 9.74. The minimum Gasteiger partial charge on any atom is -0.394 e. The van der Waals surface area contributed by atoms with E-state index in [1.54, 1.807) is 6.07 Å². The van der Waals surface area contributed by atoms with Gasteiger partial charge in [-0.2, -0.15) is 0 Å². The fourth-order valence-electron chi connectivity index (χ4n) is 2.88. The number of aliphatic hydroxyl groups is 1. The SMILES string of the molecule is OCC12CC(CN1c1cc(Cl)nc(Cl)n1)C2. The van der Waals surface area contributed by atoms with E-state index >= 15 is 0 Å². The molecule has 0 aromatic carbocycles. The maximum atomic E-state index is 9.48. The van der Waals surface area contributed by atoms with Crippen LogP contribution in [0.3, 0.4) is 0 Å². The predicted octanol–water partition coefficient (Wildman–Crippen LogP) is 1.74.